The first-order chi connectivity index (χ1) is 9.07. The second-order valence-corrected chi connectivity index (χ2v) is 5.77. The molecular formula is C16H32O3. The zero-order chi connectivity index (χ0) is 14.5. The molecule has 0 rings (SSSR count). The van der Waals surface area contributed by atoms with Gasteiger partial charge in [-0.3, -0.25) is 0 Å². The number of unbranched alkanes of at least 4 members (excludes halogenated alkanes) is 7. The molecule has 0 bridgehead atoms. The van der Waals surface area contributed by atoms with Crippen LogP contribution in [0, 0.1) is 5.92 Å². The number of hydrogen-bond acceptors (Lipinski definition) is 2. The molecule has 2 unspecified atom stereocenters. The largest absolute Gasteiger partial charge is 0.479 e. The predicted octanol–water partition coefficient (Wildman–Crippen LogP) is 4.38. The highest BCUT2D eigenvalue weighted by Crippen LogP contribution is 2.15. The second-order valence-electron chi connectivity index (χ2n) is 5.77. The van der Waals surface area contributed by atoms with Crippen molar-refractivity contribution in [2.45, 2.75) is 90.6 Å². The Bertz CT molecular complexity index is 216. The van der Waals surface area contributed by atoms with Crippen molar-refractivity contribution in [3.63, 3.8) is 0 Å². The Kier molecular flexibility index (Phi) is 12.1. The molecule has 19 heavy (non-hydrogen) atoms. The van der Waals surface area contributed by atoms with E-state index in [0.29, 0.717) is 6.42 Å². The van der Waals surface area contributed by atoms with Gasteiger partial charge in [-0.05, 0) is 12.3 Å². The molecule has 0 heterocycles. The van der Waals surface area contributed by atoms with Crippen LogP contribution in [0.1, 0.15) is 84.5 Å². The molecule has 2 atom stereocenters. The molecule has 0 aliphatic rings. The fourth-order valence-electron chi connectivity index (χ4n) is 2.22. The summed E-state index contributed by atoms with van der Waals surface area (Å²) in [6.07, 6.45) is 11.5. The van der Waals surface area contributed by atoms with Crippen molar-refractivity contribution < 1.29 is 15.0 Å². The average Bonchev–Trinajstić information content (AvgIpc) is 2.39. The first-order valence-electron chi connectivity index (χ1n) is 7.98. The number of aliphatic carboxylic acids is 1. The number of aliphatic hydroxyl groups is 1. The first-order valence-corrected chi connectivity index (χ1v) is 7.98. The topological polar surface area (TPSA) is 57.5 Å². The highest BCUT2D eigenvalue weighted by atomic mass is 16.4. The molecule has 3 heteroatoms. The van der Waals surface area contributed by atoms with Crippen molar-refractivity contribution in [3.8, 4) is 0 Å². The minimum absolute atomic E-state index is 0.393. The number of carboxylic acid groups (broad SMARTS) is 1. The number of rotatable bonds is 13. The standard InChI is InChI=1S/C16H32O3/c1-3-14(2)12-10-8-6-4-5-7-9-11-13-15(17)16(18)19/h14-15,17H,3-13H2,1-2H3,(H,18,19). The van der Waals surface area contributed by atoms with E-state index in [9.17, 15) is 4.79 Å². The summed E-state index contributed by atoms with van der Waals surface area (Å²) >= 11 is 0. The molecule has 0 aromatic carbocycles. The number of aliphatic hydroxyl groups excluding tert-OH is 1. The van der Waals surface area contributed by atoms with E-state index in [1.54, 1.807) is 0 Å². The van der Waals surface area contributed by atoms with Gasteiger partial charge in [0, 0.05) is 0 Å². The van der Waals surface area contributed by atoms with Crippen LogP contribution in [-0.2, 0) is 4.79 Å². The van der Waals surface area contributed by atoms with E-state index in [4.69, 9.17) is 10.2 Å². The highest BCUT2D eigenvalue weighted by Gasteiger charge is 2.11. The van der Waals surface area contributed by atoms with Crippen LogP contribution in [0.2, 0.25) is 0 Å². The van der Waals surface area contributed by atoms with Gasteiger partial charge in [-0.15, -0.1) is 0 Å². The van der Waals surface area contributed by atoms with Crippen LogP contribution in [0.5, 0.6) is 0 Å². The van der Waals surface area contributed by atoms with Gasteiger partial charge in [-0.25, -0.2) is 4.79 Å². The van der Waals surface area contributed by atoms with Gasteiger partial charge in [0.1, 0.15) is 0 Å². The van der Waals surface area contributed by atoms with Crippen LogP contribution in [-0.4, -0.2) is 22.3 Å². The zero-order valence-corrected chi connectivity index (χ0v) is 12.7. The molecular weight excluding hydrogens is 240 g/mol. The molecule has 0 aliphatic carbocycles. The minimum atomic E-state index is -1.17. The Morgan fingerprint density at radius 3 is 1.74 bits per heavy atom. The van der Waals surface area contributed by atoms with Gasteiger partial charge >= 0.3 is 5.97 Å². The monoisotopic (exact) mass is 272 g/mol. The SMILES string of the molecule is CCC(C)CCCCCCCCCCC(O)C(=O)O. The molecule has 3 nitrogen and oxygen atoms in total. The third kappa shape index (κ3) is 12.2. The first kappa shape index (κ1) is 18.4. The molecule has 2 N–H and O–H groups in total. The van der Waals surface area contributed by atoms with E-state index in [1.165, 1.54) is 44.9 Å². The van der Waals surface area contributed by atoms with E-state index in [2.05, 4.69) is 13.8 Å². The van der Waals surface area contributed by atoms with Gasteiger partial charge in [0.25, 0.3) is 0 Å². The quantitative estimate of drug-likeness (QED) is 0.489. The van der Waals surface area contributed by atoms with Crippen LogP contribution in [0.25, 0.3) is 0 Å². The fourth-order valence-corrected chi connectivity index (χ4v) is 2.22. The summed E-state index contributed by atoms with van der Waals surface area (Å²) in [4.78, 5) is 10.4. The highest BCUT2D eigenvalue weighted by molar-refractivity contribution is 5.71. The molecule has 0 amide bonds. The van der Waals surface area contributed by atoms with Gasteiger partial charge in [-0.2, -0.15) is 0 Å². The molecule has 0 aromatic rings. The smallest absolute Gasteiger partial charge is 0.332 e. The summed E-state index contributed by atoms with van der Waals surface area (Å²) in [5, 5.41) is 17.6. The average molecular weight is 272 g/mol. The van der Waals surface area contributed by atoms with Crippen LogP contribution in [0.15, 0.2) is 0 Å². The van der Waals surface area contributed by atoms with Gasteiger partial charge in [0.05, 0.1) is 0 Å². The van der Waals surface area contributed by atoms with Crippen LogP contribution < -0.4 is 0 Å². The molecule has 0 fully saturated rings. The van der Waals surface area contributed by atoms with Gasteiger partial charge in [-0.1, -0.05) is 78.1 Å². The second kappa shape index (κ2) is 12.5. The van der Waals surface area contributed by atoms with E-state index < -0.39 is 12.1 Å². The maximum absolute atomic E-state index is 10.4. The number of hydrogen-bond donors (Lipinski definition) is 2. The molecule has 0 saturated carbocycles. The molecule has 0 spiro atoms. The Hall–Kier alpha value is -0.570. The van der Waals surface area contributed by atoms with Gasteiger partial charge in [0.15, 0.2) is 6.10 Å². The third-order valence-electron chi connectivity index (χ3n) is 3.91. The Morgan fingerprint density at radius 1 is 0.895 bits per heavy atom. The maximum Gasteiger partial charge on any atom is 0.332 e. The van der Waals surface area contributed by atoms with E-state index >= 15 is 0 Å². The van der Waals surface area contributed by atoms with E-state index in [1.807, 2.05) is 0 Å². The zero-order valence-electron chi connectivity index (χ0n) is 12.7. The third-order valence-corrected chi connectivity index (χ3v) is 3.91. The normalized spacial score (nSPS) is 14.3. The summed E-state index contributed by atoms with van der Waals surface area (Å²) in [7, 11) is 0. The molecule has 114 valence electrons. The Morgan fingerprint density at radius 2 is 1.32 bits per heavy atom. The minimum Gasteiger partial charge on any atom is -0.479 e. The van der Waals surface area contributed by atoms with Crippen LogP contribution >= 0.6 is 0 Å². The lowest BCUT2D eigenvalue weighted by Crippen LogP contribution is -2.18. The lowest BCUT2D eigenvalue weighted by Gasteiger charge is -2.07. The molecule has 0 radical (unpaired) electrons. The van der Waals surface area contributed by atoms with Crippen LogP contribution in [0.4, 0.5) is 0 Å². The van der Waals surface area contributed by atoms with E-state index in [-0.39, 0.29) is 0 Å². The van der Waals surface area contributed by atoms with Crippen LogP contribution in [0.3, 0.4) is 0 Å². The van der Waals surface area contributed by atoms with Crippen molar-refractivity contribution in [2.24, 2.45) is 5.92 Å². The Balaban J connectivity index is 3.13. The van der Waals surface area contributed by atoms with E-state index in [0.717, 1.165) is 25.2 Å². The maximum atomic E-state index is 10.4. The fraction of sp³-hybridized carbons (Fsp3) is 0.938. The summed E-state index contributed by atoms with van der Waals surface area (Å²) in [5.41, 5.74) is 0. The summed E-state index contributed by atoms with van der Waals surface area (Å²) in [6, 6.07) is 0. The number of carbonyl (C=O) groups is 1. The van der Waals surface area contributed by atoms with Crippen molar-refractivity contribution in [1.29, 1.82) is 0 Å². The van der Waals surface area contributed by atoms with Crippen molar-refractivity contribution in [1.82, 2.24) is 0 Å². The predicted molar refractivity (Wildman–Crippen MR) is 79.3 cm³/mol. The molecule has 0 aromatic heterocycles. The summed E-state index contributed by atoms with van der Waals surface area (Å²) < 4.78 is 0. The van der Waals surface area contributed by atoms with Crippen molar-refractivity contribution >= 4 is 5.97 Å². The van der Waals surface area contributed by atoms with Crippen molar-refractivity contribution in [2.75, 3.05) is 0 Å². The summed E-state index contributed by atoms with van der Waals surface area (Å²) in [5.74, 6) is -0.220. The lowest BCUT2D eigenvalue weighted by molar-refractivity contribution is -0.146. The lowest BCUT2D eigenvalue weighted by atomic mass is 9.99. The molecule has 0 saturated heterocycles. The Labute approximate surface area is 118 Å². The number of carboxylic acids is 1. The van der Waals surface area contributed by atoms with Gasteiger partial charge < -0.3 is 10.2 Å². The summed E-state index contributed by atoms with van der Waals surface area (Å²) in [6.45, 7) is 4.58. The van der Waals surface area contributed by atoms with Gasteiger partial charge in [0.2, 0.25) is 0 Å². The molecule has 0 aliphatic heterocycles. The van der Waals surface area contributed by atoms with Crippen molar-refractivity contribution in [3.05, 3.63) is 0 Å².